The van der Waals surface area contributed by atoms with Crippen LogP contribution in [0.2, 0.25) is 10.0 Å². The molecule has 0 amide bonds. The highest BCUT2D eigenvalue weighted by Gasteiger charge is 2.45. The predicted molar refractivity (Wildman–Crippen MR) is 87.0 cm³/mol. The molecule has 2 rings (SSSR count). The van der Waals surface area contributed by atoms with Crippen molar-refractivity contribution < 1.29 is 9.84 Å². The van der Waals surface area contributed by atoms with Gasteiger partial charge in [0.15, 0.2) is 0 Å². The monoisotopic (exact) mass is 331 g/mol. The normalized spacial score (nSPS) is 28.6. The number of aliphatic hydroxyl groups is 1. The molecule has 1 heterocycles. The van der Waals surface area contributed by atoms with Gasteiger partial charge in [0.25, 0.3) is 0 Å². The van der Waals surface area contributed by atoms with Crippen LogP contribution in [0.5, 0.6) is 0 Å². The molecule has 1 fully saturated rings. The summed E-state index contributed by atoms with van der Waals surface area (Å²) < 4.78 is 5.80. The summed E-state index contributed by atoms with van der Waals surface area (Å²) in [5.74, 6) is -1.40. The second kappa shape index (κ2) is 6.05. The Balaban J connectivity index is 2.41. The molecular weight excluding hydrogens is 309 g/mol. The van der Waals surface area contributed by atoms with Crippen molar-refractivity contribution in [1.82, 2.24) is 5.32 Å². The molecule has 5 heteroatoms. The van der Waals surface area contributed by atoms with Gasteiger partial charge in [-0.15, -0.1) is 0 Å². The highest BCUT2D eigenvalue weighted by molar-refractivity contribution is 6.42. The highest BCUT2D eigenvalue weighted by atomic mass is 35.5. The zero-order valence-corrected chi connectivity index (χ0v) is 14.5. The Bertz CT molecular complexity index is 533. The van der Waals surface area contributed by atoms with Gasteiger partial charge in [0, 0.05) is 11.1 Å². The van der Waals surface area contributed by atoms with Gasteiger partial charge in [0.1, 0.15) is 0 Å². The minimum Gasteiger partial charge on any atom is -0.361 e. The minimum atomic E-state index is -1.40. The number of hydrogen-bond acceptors (Lipinski definition) is 3. The topological polar surface area (TPSA) is 41.5 Å². The third-order valence-corrected chi connectivity index (χ3v) is 4.72. The fraction of sp³-hybridized carbons (Fsp3) is 0.625. The Labute approximate surface area is 136 Å². The fourth-order valence-electron chi connectivity index (χ4n) is 2.78. The summed E-state index contributed by atoms with van der Waals surface area (Å²) in [6.45, 7) is 8.48. The Morgan fingerprint density at radius 3 is 2.62 bits per heavy atom. The Morgan fingerprint density at radius 1 is 1.38 bits per heavy atom. The van der Waals surface area contributed by atoms with Crippen molar-refractivity contribution in [3.63, 3.8) is 0 Å². The summed E-state index contributed by atoms with van der Waals surface area (Å²) in [6.07, 6.45) is 1.77. The Kier molecular flexibility index (Phi) is 4.91. The quantitative estimate of drug-likeness (QED) is 0.883. The van der Waals surface area contributed by atoms with Crippen LogP contribution in [0.1, 0.15) is 45.2 Å². The number of hydrogen-bond donors (Lipinski definition) is 2. The molecule has 0 radical (unpaired) electrons. The average molecular weight is 332 g/mol. The van der Waals surface area contributed by atoms with Crippen LogP contribution in [0.3, 0.4) is 0 Å². The van der Waals surface area contributed by atoms with Gasteiger partial charge in [-0.3, -0.25) is 0 Å². The van der Waals surface area contributed by atoms with Gasteiger partial charge < -0.3 is 15.2 Å². The van der Waals surface area contributed by atoms with E-state index in [9.17, 15) is 5.11 Å². The molecule has 3 nitrogen and oxygen atoms in total. The van der Waals surface area contributed by atoms with E-state index in [0.29, 0.717) is 22.2 Å². The smallest absolute Gasteiger partial charge is 0.208 e. The first-order valence-electron chi connectivity index (χ1n) is 7.32. The second-order valence-electron chi connectivity index (χ2n) is 6.42. The van der Waals surface area contributed by atoms with E-state index < -0.39 is 5.79 Å². The lowest BCUT2D eigenvalue weighted by atomic mass is 9.91. The first-order valence-corrected chi connectivity index (χ1v) is 8.07. The van der Waals surface area contributed by atoms with E-state index in [1.54, 1.807) is 6.07 Å². The fourth-order valence-corrected chi connectivity index (χ4v) is 3.22. The molecule has 0 spiro atoms. The maximum Gasteiger partial charge on any atom is 0.208 e. The lowest BCUT2D eigenvalue weighted by molar-refractivity contribution is -0.263. The SMILES string of the molecule is CCCc1cc(C2(O)OCC(C)(C)NC2C)cc(Cl)c1Cl. The number of benzene rings is 1. The van der Waals surface area contributed by atoms with Crippen molar-refractivity contribution >= 4 is 23.2 Å². The maximum absolute atomic E-state index is 11.0. The van der Waals surface area contributed by atoms with Crippen LogP contribution in [0.4, 0.5) is 0 Å². The molecule has 0 bridgehead atoms. The van der Waals surface area contributed by atoms with Crippen molar-refractivity contribution in [2.75, 3.05) is 6.61 Å². The molecule has 2 atom stereocenters. The molecule has 0 saturated carbocycles. The molecule has 21 heavy (non-hydrogen) atoms. The standard InChI is InChI=1S/C16H23Cl2NO2/c1-5-6-11-7-12(8-13(17)14(11)18)16(20)10(2)19-15(3,4)9-21-16/h7-8,10,19-20H,5-6,9H2,1-4H3. The average Bonchev–Trinajstić information content (AvgIpc) is 2.39. The van der Waals surface area contributed by atoms with E-state index in [2.05, 4.69) is 12.2 Å². The molecule has 1 saturated heterocycles. The van der Waals surface area contributed by atoms with Crippen LogP contribution in [0.15, 0.2) is 12.1 Å². The third kappa shape index (κ3) is 3.38. The zero-order valence-electron chi connectivity index (χ0n) is 13.0. The number of rotatable bonds is 3. The van der Waals surface area contributed by atoms with Crippen molar-refractivity contribution in [2.45, 2.75) is 57.9 Å². The molecule has 0 aliphatic carbocycles. The summed E-state index contributed by atoms with van der Waals surface area (Å²) in [4.78, 5) is 0. The molecule has 1 aliphatic heterocycles. The highest BCUT2D eigenvalue weighted by Crippen LogP contribution is 2.37. The summed E-state index contributed by atoms with van der Waals surface area (Å²) in [5.41, 5.74) is 1.42. The molecule has 1 aromatic carbocycles. The number of morpholine rings is 1. The van der Waals surface area contributed by atoms with Crippen LogP contribution in [0.25, 0.3) is 0 Å². The van der Waals surface area contributed by atoms with Gasteiger partial charge in [0.2, 0.25) is 5.79 Å². The maximum atomic E-state index is 11.0. The largest absolute Gasteiger partial charge is 0.361 e. The van der Waals surface area contributed by atoms with Gasteiger partial charge in [0.05, 0.1) is 22.7 Å². The van der Waals surface area contributed by atoms with Crippen LogP contribution >= 0.6 is 23.2 Å². The second-order valence-corrected chi connectivity index (χ2v) is 7.20. The third-order valence-electron chi connectivity index (χ3n) is 3.88. The van der Waals surface area contributed by atoms with Crippen molar-refractivity contribution in [1.29, 1.82) is 0 Å². The molecule has 1 aromatic rings. The molecule has 2 unspecified atom stereocenters. The van der Waals surface area contributed by atoms with Crippen molar-refractivity contribution in [3.05, 3.63) is 33.3 Å². The van der Waals surface area contributed by atoms with Gasteiger partial charge in [-0.2, -0.15) is 0 Å². The molecule has 118 valence electrons. The van der Waals surface area contributed by atoms with E-state index >= 15 is 0 Å². The summed E-state index contributed by atoms with van der Waals surface area (Å²) in [7, 11) is 0. The summed E-state index contributed by atoms with van der Waals surface area (Å²) in [5, 5.41) is 15.4. The van der Waals surface area contributed by atoms with Gasteiger partial charge >= 0.3 is 0 Å². The van der Waals surface area contributed by atoms with E-state index in [4.69, 9.17) is 27.9 Å². The minimum absolute atomic E-state index is 0.173. The van der Waals surface area contributed by atoms with Crippen molar-refractivity contribution in [2.24, 2.45) is 0 Å². The number of nitrogens with one attached hydrogen (secondary N) is 1. The summed E-state index contributed by atoms with van der Waals surface area (Å²) in [6, 6.07) is 3.33. The van der Waals surface area contributed by atoms with Crippen LogP contribution in [-0.2, 0) is 16.9 Å². The lowest BCUT2D eigenvalue weighted by Gasteiger charge is -2.46. The van der Waals surface area contributed by atoms with Gasteiger partial charge in [-0.1, -0.05) is 36.5 Å². The van der Waals surface area contributed by atoms with Crippen LogP contribution in [-0.4, -0.2) is 23.3 Å². The van der Waals surface area contributed by atoms with E-state index in [1.165, 1.54) is 0 Å². The Morgan fingerprint density at radius 2 is 2.05 bits per heavy atom. The predicted octanol–water partition coefficient (Wildman–Crippen LogP) is 3.88. The van der Waals surface area contributed by atoms with Gasteiger partial charge in [-0.25, -0.2) is 0 Å². The molecule has 2 N–H and O–H groups in total. The first kappa shape index (κ1) is 17.0. The summed E-state index contributed by atoms with van der Waals surface area (Å²) >= 11 is 12.5. The first-order chi connectivity index (χ1) is 9.69. The van der Waals surface area contributed by atoms with Gasteiger partial charge in [-0.05, 0) is 44.9 Å². The number of halogens is 2. The molecular formula is C16H23Cl2NO2. The Hall–Kier alpha value is -0.320. The number of ether oxygens (including phenoxy) is 1. The van der Waals surface area contributed by atoms with Crippen LogP contribution in [0, 0.1) is 0 Å². The van der Waals surface area contributed by atoms with Crippen molar-refractivity contribution in [3.8, 4) is 0 Å². The van der Waals surface area contributed by atoms with E-state index in [0.717, 1.165) is 18.4 Å². The molecule has 0 aromatic heterocycles. The van der Waals surface area contributed by atoms with Crippen LogP contribution < -0.4 is 5.32 Å². The van der Waals surface area contributed by atoms with E-state index in [-0.39, 0.29) is 11.6 Å². The lowest BCUT2D eigenvalue weighted by Crippen LogP contribution is -2.63. The van der Waals surface area contributed by atoms with E-state index in [1.807, 2.05) is 26.8 Å². The number of aryl methyl sites for hydroxylation is 1. The zero-order chi connectivity index (χ0) is 15.8. The molecule has 1 aliphatic rings.